The topological polar surface area (TPSA) is 155 Å². The lowest BCUT2D eigenvalue weighted by Gasteiger charge is -2.21. The molecule has 0 rings (SSSR count). The zero-order valence-electron chi connectivity index (χ0n) is 52.2. The smallest absolute Gasteiger partial charge is 0.462 e. The summed E-state index contributed by atoms with van der Waals surface area (Å²) < 4.78 is 39.7. The minimum Gasteiger partial charge on any atom is -0.462 e. The van der Waals surface area contributed by atoms with Gasteiger partial charge in [0, 0.05) is 19.3 Å². The van der Waals surface area contributed by atoms with Gasteiger partial charge in [0.1, 0.15) is 12.7 Å². The van der Waals surface area contributed by atoms with Crippen LogP contribution in [0.5, 0.6) is 0 Å². The highest BCUT2D eigenvalue weighted by Crippen LogP contribution is 2.43. The number of aliphatic hydroxyl groups excluding tert-OH is 1. The van der Waals surface area contributed by atoms with E-state index in [-0.39, 0.29) is 25.9 Å². The molecule has 0 aromatic rings. The summed E-state index contributed by atoms with van der Waals surface area (Å²) in [5.74, 6) is -1.49. The Kier molecular flexibility index (Phi) is 60.2. The van der Waals surface area contributed by atoms with Gasteiger partial charge in [-0.3, -0.25) is 23.4 Å². The van der Waals surface area contributed by atoms with Crippen LogP contribution >= 0.6 is 7.82 Å². The molecular weight excluding hydrogens is 1050 g/mol. The second kappa shape index (κ2) is 63.2. The third kappa shape index (κ3) is 60.7. The fourth-order valence-electron chi connectivity index (χ4n) is 8.75. The van der Waals surface area contributed by atoms with Crippen LogP contribution in [0.4, 0.5) is 0 Å². The van der Waals surface area contributed by atoms with Crippen LogP contribution in [-0.4, -0.2) is 66.5 Å². The molecule has 11 nitrogen and oxygen atoms in total. The zero-order chi connectivity index (χ0) is 59.8. The van der Waals surface area contributed by atoms with E-state index in [1.165, 1.54) is 70.6 Å². The first-order valence-corrected chi connectivity index (χ1v) is 34.3. The predicted octanol–water partition coefficient (Wildman–Crippen LogP) is 20.1. The van der Waals surface area contributed by atoms with Gasteiger partial charge in [-0.2, -0.15) is 0 Å². The number of allylic oxidation sites excluding steroid dienone is 18. The maximum Gasteiger partial charge on any atom is 0.472 e. The molecule has 82 heavy (non-hydrogen) atoms. The molecule has 0 bridgehead atoms. The number of carbonyl (C=O) groups is 3. The van der Waals surface area contributed by atoms with E-state index >= 15 is 0 Å². The molecule has 0 aromatic heterocycles. The summed E-state index contributed by atoms with van der Waals surface area (Å²) in [7, 11) is -4.77. The van der Waals surface area contributed by atoms with E-state index in [0.29, 0.717) is 19.3 Å². The molecule has 0 heterocycles. The molecule has 0 aliphatic carbocycles. The summed E-state index contributed by atoms with van der Waals surface area (Å²) in [5.41, 5.74) is 0. The Balaban J connectivity index is 4.74. The molecule has 0 aromatic carbocycles. The first kappa shape index (κ1) is 78.1. The number of unbranched alkanes of at least 4 members (excludes halogenated alkanes) is 25. The van der Waals surface area contributed by atoms with Gasteiger partial charge < -0.3 is 24.2 Å². The summed E-state index contributed by atoms with van der Waals surface area (Å²) in [6, 6.07) is 0. The van der Waals surface area contributed by atoms with Gasteiger partial charge in [0.05, 0.1) is 19.8 Å². The average molecular weight is 1170 g/mol. The van der Waals surface area contributed by atoms with Crippen molar-refractivity contribution >= 4 is 25.7 Å². The van der Waals surface area contributed by atoms with Crippen LogP contribution in [0.3, 0.4) is 0 Å². The molecule has 3 unspecified atom stereocenters. The summed E-state index contributed by atoms with van der Waals surface area (Å²) >= 11 is 0. The van der Waals surface area contributed by atoms with E-state index in [2.05, 4.69) is 130 Å². The summed E-state index contributed by atoms with van der Waals surface area (Å²) in [4.78, 5) is 48.8. The molecule has 12 heteroatoms. The Labute approximate surface area is 501 Å². The Bertz CT molecular complexity index is 1790. The molecule has 0 aliphatic heterocycles. The van der Waals surface area contributed by atoms with Crippen LogP contribution in [0.15, 0.2) is 109 Å². The normalized spacial score (nSPS) is 14.0. The number of hydrogen-bond acceptors (Lipinski definition) is 10. The second-order valence-electron chi connectivity index (χ2n) is 21.5. The van der Waals surface area contributed by atoms with Crippen molar-refractivity contribution in [1.82, 2.24) is 0 Å². The first-order valence-electron chi connectivity index (χ1n) is 32.8. The molecule has 0 spiro atoms. The van der Waals surface area contributed by atoms with E-state index in [4.69, 9.17) is 23.3 Å². The van der Waals surface area contributed by atoms with Gasteiger partial charge in [0.2, 0.25) is 0 Å². The van der Waals surface area contributed by atoms with Crippen molar-refractivity contribution in [2.45, 2.75) is 290 Å². The largest absolute Gasteiger partial charge is 0.472 e. The van der Waals surface area contributed by atoms with Gasteiger partial charge >= 0.3 is 25.7 Å². The van der Waals surface area contributed by atoms with Gasteiger partial charge in [0.15, 0.2) is 6.10 Å². The number of esters is 3. The SMILES string of the molecule is CC/C=C\C/C=C\C/C=C\C/C=C\CCCCCCCCC(=O)OCC(COP(=O)(O)OCC(CO)OC(=O)CCCCCCCCC/C=C\C/C=C\C/C=C\CC)OC(=O)CCCCCCCCCCC/C=C\C/C=C\CCCCC. The molecule has 0 aliphatic rings. The van der Waals surface area contributed by atoms with Crippen molar-refractivity contribution in [2.75, 3.05) is 26.4 Å². The van der Waals surface area contributed by atoms with E-state index in [1.54, 1.807) is 0 Å². The molecular formula is C70H119O11P. The van der Waals surface area contributed by atoms with Gasteiger partial charge in [-0.25, -0.2) is 4.57 Å². The first-order chi connectivity index (χ1) is 40.2. The van der Waals surface area contributed by atoms with Gasteiger partial charge in [-0.15, -0.1) is 0 Å². The van der Waals surface area contributed by atoms with Crippen molar-refractivity contribution in [2.24, 2.45) is 0 Å². The summed E-state index contributed by atoms with van der Waals surface area (Å²) in [6.45, 7) is 4.39. The number of hydrogen-bond donors (Lipinski definition) is 2. The second-order valence-corrected chi connectivity index (χ2v) is 23.0. The van der Waals surface area contributed by atoms with Gasteiger partial charge in [-0.05, 0) is 122 Å². The molecule has 2 N–H and O–H groups in total. The maximum absolute atomic E-state index is 13.0. The van der Waals surface area contributed by atoms with Crippen LogP contribution < -0.4 is 0 Å². The Morgan fingerprint density at radius 1 is 0.354 bits per heavy atom. The number of ether oxygens (including phenoxy) is 3. The van der Waals surface area contributed by atoms with Crippen LogP contribution in [0.1, 0.15) is 278 Å². The third-order valence-electron chi connectivity index (χ3n) is 13.7. The lowest BCUT2D eigenvalue weighted by molar-refractivity contribution is -0.161. The van der Waals surface area contributed by atoms with E-state index in [0.717, 1.165) is 148 Å². The Morgan fingerprint density at radius 3 is 0.976 bits per heavy atom. The Hall–Kier alpha value is -3.86. The average Bonchev–Trinajstić information content (AvgIpc) is 3.47. The molecule has 0 saturated carbocycles. The molecule has 0 fully saturated rings. The van der Waals surface area contributed by atoms with Crippen molar-refractivity contribution in [3.8, 4) is 0 Å². The van der Waals surface area contributed by atoms with Crippen molar-refractivity contribution in [1.29, 1.82) is 0 Å². The maximum atomic E-state index is 13.0. The van der Waals surface area contributed by atoms with Crippen molar-refractivity contribution < 1.29 is 52.2 Å². The quantitative estimate of drug-likeness (QED) is 0.0197. The fourth-order valence-corrected chi connectivity index (χ4v) is 9.53. The molecule has 3 atom stereocenters. The van der Waals surface area contributed by atoms with Gasteiger partial charge in [-0.1, -0.05) is 246 Å². The van der Waals surface area contributed by atoms with Crippen LogP contribution in [0.25, 0.3) is 0 Å². The Morgan fingerprint density at radius 2 is 0.634 bits per heavy atom. The van der Waals surface area contributed by atoms with Gasteiger partial charge in [0.25, 0.3) is 0 Å². The molecule has 0 amide bonds. The lowest BCUT2D eigenvalue weighted by atomic mass is 10.1. The van der Waals surface area contributed by atoms with Crippen molar-refractivity contribution in [3.05, 3.63) is 109 Å². The standard InChI is InChI=1S/C70H119O11P/c1-4-7-10-13-16-19-22-25-28-31-33-36-38-41-44-47-50-53-56-59-68(72)77-63-67(81-70(74)61-58-55-52-49-46-43-40-37-34-32-29-26-23-20-17-14-11-8-5-2)65-79-82(75,76)78-64-66(62-71)80-69(73)60-57-54-51-48-45-42-39-35-30-27-24-21-18-15-12-9-6-3/h7,9-10,12,16-21,25-30,33,36,66-67,71H,4-6,8,11,13-15,22-24,31-32,34-35,37-65H2,1-3H3,(H,75,76)/b10-7-,12-9-,19-16-,20-17-,21-18-,28-25-,29-26-,30-27-,36-33-. The highest BCUT2D eigenvalue weighted by atomic mass is 31.2. The van der Waals surface area contributed by atoms with Crippen LogP contribution in [0, 0.1) is 0 Å². The zero-order valence-corrected chi connectivity index (χ0v) is 53.1. The van der Waals surface area contributed by atoms with Crippen LogP contribution in [-0.2, 0) is 42.2 Å². The minimum atomic E-state index is -4.77. The molecule has 0 saturated heterocycles. The number of aliphatic hydroxyl groups is 1. The monoisotopic (exact) mass is 1170 g/mol. The molecule has 470 valence electrons. The highest BCUT2D eigenvalue weighted by molar-refractivity contribution is 7.47. The summed E-state index contributed by atoms with van der Waals surface area (Å²) in [6.07, 6.45) is 77.4. The van der Waals surface area contributed by atoms with Crippen molar-refractivity contribution in [3.63, 3.8) is 0 Å². The fraction of sp³-hybridized carbons (Fsp3) is 0.700. The number of phosphoric ester groups is 1. The molecule has 0 radical (unpaired) electrons. The number of rotatable bonds is 60. The minimum absolute atomic E-state index is 0.154. The number of carbonyl (C=O) groups excluding carboxylic acids is 3. The third-order valence-corrected chi connectivity index (χ3v) is 14.6. The summed E-state index contributed by atoms with van der Waals surface area (Å²) in [5, 5.41) is 9.86. The van der Waals surface area contributed by atoms with E-state index in [1.807, 2.05) is 0 Å². The highest BCUT2D eigenvalue weighted by Gasteiger charge is 2.28. The lowest BCUT2D eigenvalue weighted by Crippen LogP contribution is -2.30. The van der Waals surface area contributed by atoms with E-state index < -0.39 is 57.8 Å². The van der Waals surface area contributed by atoms with Crippen LogP contribution in [0.2, 0.25) is 0 Å². The number of phosphoric acid groups is 1. The predicted molar refractivity (Wildman–Crippen MR) is 343 cm³/mol. The van der Waals surface area contributed by atoms with E-state index in [9.17, 15) is 28.9 Å².